The molecule has 3 amide bonds. The molecular formula is C21H38N4O8. The lowest BCUT2D eigenvalue weighted by molar-refractivity contribution is -0.143. The van der Waals surface area contributed by atoms with Crippen molar-refractivity contribution in [3.05, 3.63) is 0 Å². The molecule has 0 aromatic carbocycles. The Kier molecular flexibility index (Phi) is 10.6. The van der Waals surface area contributed by atoms with Crippen molar-refractivity contribution in [3.63, 3.8) is 0 Å². The van der Waals surface area contributed by atoms with Crippen molar-refractivity contribution >= 4 is 30.2 Å². The van der Waals surface area contributed by atoms with Crippen LogP contribution in [0.25, 0.3) is 0 Å². The number of alkyl carbamates (subject to hydrolysis) is 1. The molecule has 0 heterocycles. The average molecular weight is 475 g/mol. The van der Waals surface area contributed by atoms with Crippen molar-refractivity contribution in [1.29, 1.82) is 0 Å². The van der Waals surface area contributed by atoms with Gasteiger partial charge in [0.05, 0.1) is 0 Å². The second-order valence-electron chi connectivity index (χ2n) is 10.2. The minimum Gasteiger partial charge on any atom is -0.480 e. The monoisotopic (exact) mass is 474 g/mol. The summed E-state index contributed by atoms with van der Waals surface area (Å²) in [6.07, 6.45) is -3.10. The van der Waals surface area contributed by atoms with E-state index in [-0.39, 0.29) is 25.3 Å². The van der Waals surface area contributed by atoms with Gasteiger partial charge in [0.2, 0.25) is 0 Å². The molecule has 0 fully saturated rings. The molecule has 0 aliphatic rings. The molecule has 12 nitrogen and oxygen atoms in total. The number of carbonyl (C=O) groups excluding carboxylic acids is 3. The maximum Gasteiger partial charge on any atom is 0.420 e. The smallest absolute Gasteiger partial charge is 0.420 e. The topological polar surface area (TPSA) is 170 Å². The number of nitrogens with zero attached hydrogens (tertiary/aromatic N) is 2. The Hall–Kier alpha value is -3.05. The SMILES string of the molecule is CC(C)(C)OC(=O)NC(N)=NCCC[C@H](C(=O)O)N(C(=O)OC(C)(C)C)C(=O)OC(C)(C)C. The van der Waals surface area contributed by atoms with Gasteiger partial charge in [-0.25, -0.2) is 19.2 Å². The highest BCUT2D eigenvalue weighted by molar-refractivity contribution is 5.94. The summed E-state index contributed by atoms with van der Waals surface area (Å²) < 4.78 is 15.5. The van der Waals surface area contributed by atoms with Crippen LogP contribution >= 0.6 is 0 Å². The first-order valence-corrected chi connectivity index (χ1v) is 10.5. The second-order valence-corrected chi connectivity index (χ2v) is 10.2. The number of carboxylic acid groups (broad SMARTS) is 1. The highest BCUT2D eigenvalue weighted by Gasteiger charge is 2.40. The number of hydrogen-bond acceptors (Lipinski definition) is 8. The van der Waals surface area contributed by atoms with Gasteiger partial charge >= 0.3 is 24.2 Å². The van der Waals surface area contributed by atoms with Gasteiger partial charge in [0, 0.05) is 6.54 Å². The van der Waals surface area contributed by atoms with Crippen LogP contribution in [0.1, 0.15) is 75.2 Å². The minimum absolute atomic E-state index is 0.0158. The zero-order valence-corrected chi connectivity index (χ0v) is 21.0. The summed E-state index contributed by atoms with van der Waals surface area (Å²) in [6, 6.07) is -1.56. The van der Waals surface area contributed by atoms with Crippen molar-refractivity contribution in [3.8, 4) is 0 Å². The van der Waals surface area contributed by atoms with Crippen LogP contribution in [0.5, 0.6) is 0 Å². The molecule has 0 bridgehead atoms. The first-order chi connectivity index (χ1) is 14.7. The molecule has 0 spiro atoms. The number of carbonyl (C=O) groups is 4. The van der Waals surface area contributed by atoms with Crippen LogP contribution in [0.3, 0.4) is 0 Å². The number of aliphatic imine (C=N–C) groups is 1. The van der Waals surface area contributed by atoms with Crippen LogP contribution in [0.2, 0.25) is 0 Å². The minimum atomic E-state index is -1.56. The Bertz CT molecular complexity index is 717. The van der Waals surface area contributed by atoms with Crippen LogP contribution in [0, 0.1) is 0 Å². The fraction of sp³-hybridized carbons (Fsp3) is 0.762. The number of amides is 3. The molecule has 12 heteroatoms. The zero-order valence-electron chi connectivity index (χ0n) is 21.0. The molecule has 0 aliphatic carbocycles. The van der Waals surface area contributed by atoms with Crippen LogP contribution in [-0.4, -0.2) is 69.6 Å². The zero-order chi connectivity index (χ0) is 26.2. The lowest BCUT2D eigenvalue weighted by Gasteiger charge is -2.31. The summed E-state index contributed by atoms with van der Waals surface area (Å²) in [5.74, 6) is -1.64. The van der Waals surface area contributed by atoms with Gasteiger partial charge in [0.1, 0.15) is 22.8 Å². The quantitative estimate of drug-likeness (QED) is 0.226. The molecule has 0 saturated carbocycles. The van der Waals surface area contributed by atoms with Gasteiger partial charge in [-0.2, -0.15) is 4.90 Å². The van der Waals surface area contributed by atoms with E-state index in [0.717, 1.165) is 0 Å². The molecule has 0 aromatic rings. The summed E-state index contributed by atoms with van der Waals surface area (Å²) in [5.41, 5.74) is 2.98. The number of rotatable bonds is 6. The maximum atomic E-state index is 12.6. The third-order valence-corrected chi connectivity index (χ3v) is 3.32. The molecule has 0 aliphatic heterocycles. The van der Waals surface area contributed by atoms with Gasteiger partial charge in [0.25, 0.3) is 0 Å². The number of aliphatic carboxylic acids is 1. The summed E-state index contributed by atoms with van der Waals surface area (Å²) in [7, 11) is 0. The molecule has 190 valence electrons. The Labute approximate surface area is 194 Å². The summed E-state index contributed by atoms with van der Waals surface area (Å²) >= 11 is 0. The van der Waals surface area contributed by atoms with Crippen molar-refractivity contribution in [2.24, 2.45) is 10.7 Å². The number of guanidine groups is 1. The number of imide groups is 1. The van der Waals surface area contributed by atoms with E-state index in [2.05, 4.69) is 10.3 Å². The number of nitrogens with two attached hydrogens (primary N) is 1. The van der Waals surface area contributed by atoms with E-state index < -0.39 is 47.1 Å². The Balaban J connectivity index is 5.35. The third-order valence-electron chi connectivity index (χ3n) is 3.32. The average Bonchev–Trinajstić information content (AvgIpc) is 2.51. The molecule has 0 rings (SSSR count). The molecule has 0 aromatic heterocycles. The van der Waals surface area contributed by atoms with E-state index in [9.17, 15) is 24.3 Å². The van der Waals surface area contributed by atoms with Crippen LogP contribution in [0.15, 0.2) is 4.99 Å². The van der Waals surface area contributed by atoms with E-state index in [4.69, 9.17) is 19.9 Å². The highest BCUT2D eigenvalue weighted by atomic mass is 16.6. The van der Waals surface area contributed by atoms with Crippen molar-refractivity contribution in [2.45, 2.75) is 98.0 Å². The number of carboxylic acids is 1. The lowest BCUT2D eigenvalue weighted by atomic mass is 10.1. The van der Waals surface area contributed by atoms with E-state index in [1.807, 2.05) is 0 Å². The molecule has 33 heavy (non-hydrogen) atoms. The Morgan fingerprint density at radius 3 is 1.67 bits per heavy atom. The third kappa shape index (κ3) is 13.9. The van der Waals surface area contributed by atoms with Crippen molar-refractivity contribution in [1.82, 2.24) is 10.2 Å². The number of ether oxygens (including phenoxy) is 3. The lowest BCUT2D eigenvalue weighted by Crippen LogP contribution is -2.52. The number of hydrogen-bond donors (Lipinski definition) is 3. The summed E-state index contributed by atoms with van der Waals surface area (Å²) in [6.45, 7) is 14.6. The second kappa shape index (κ2) is 11.7. The van der Waals surface area contributed by atoms with Crippen LogP contribution < -0.4 is 11.1 Å². The maximum absolute atomic E-state index is 12.6. The fourth-order valence-electron chi connectivity index (χ4n) is 2.25. The molecule has 4 N–H and O–H groups in total. The van der Waals surface area contributed by atoms with E-state index in [1.54, 1.807) is 62.3 Å². The van der Waals surface area contributed by atoms with Crippen LogP contribution in [-0.2, 0) is 19.0 Å². The van der Waals surface area contributed by atoms with Gasteiger partial charge < -0.3 is 25.1 Å². The normalized spacial score (nSPS) is 13.5. The highest BCUT2D eigenvalue weighted by Crippen LogP contribution is 2.19. The van der Waals surface area contributed by atoms with E-state index in [0.29, 0.717) is 4.90 Å². The van der Waals surface area contributed by atoms with Gasteiger partial charge in [-0.15, -0.1) is 0 Å². The number of nitrogens with one attached hydrogen (secondary N) is 1. The molecule has 0 saturated heterocycles. The Morgan fingerprint density at radius 1 is 0.879 bits per heavy atom. The van der Waals surface area contributed by atoms with Crippen molar-refractivity contribution in [2.75, 3.05) is 6.54 Å². The Morgan fingerprint density at radius 2 is 1.30 bits per heavy atom. The van der Waals surface area contributed by atoms with Gasteiger partial charge in [-0.3, -0.25) is 10.3 Å². The predicted octanol–water partition coefficient (Wildman–Crippen LogP) is 3.23. The first kappa shape index (κ1) is 29.9. The largest absolute Gasteiger partial charge is 0.480 e. The van der Waals surface area contributed by atoms with Crippen molar-refractivity contribution < 1.29 is 38.5 Å². The van der Waals surface area contributed by atoms with E-state index in [1.165, 1.54) is 0 Å². The van der Waals surface area contributed by atoms with Crippen LogP contribution in [0.4, 0.5) is 14.4 Å². The molecule has 1 atom stereocenters. The summed E-state index contributed by atoms with van der Waals surface area (Å²) in [5, 5.41) is 11.9. The van der Waals surface area contributed by atoms with Gasteiger partial charge in [-0.05, 0) is 75.2 Å². The predicted molar refractivity (Wildman–Crippen MR) is 121 cm³/mol. The molecular weight excluding hydrogens is 436 g/mol. The van der Waals surface area contributed by atoms with E-state index >= 15 is 0 Å². The van der Waals surface area contributed by atoms with Gasteiger partial charge in [-0.1, -0.05) is 0 Å². The fourth-order valence-corrected chi connectivity index (χ4v) is 2.25. The summed E-state index contributed by atoms with van der Waals surface area (Å²) in [4.78, 5) is 53.2. The first-order valence-electron chi connectivity index (χ1n) is 10.5. The standard InChI is InChI=1S/C21H38N4O8/c1-19(2,3)31-16(28)24-15(22)23-12-10-11-13(14(26)27)25(17(29)32-20(4,5)6)18(30)33-21(7,8)9/h13H,10-12H2,1-9H3,(H,26,27)(H3,22,23,24,28)/t13-/m1/s1. The molecule has 0 unspecified atom stereocenters. The molecule has 0 radical (unpaired) electrons. The van der Waals surface area contributed by atoms with Gasteiger partial charge in [0.15, 0.2) is 5.96 Å².